The van der Waals surface area contributed by atoms with Gasteiger partial charge in [-0.2, -0.15) is 0 Å². The van der Waals surface area contributed by atoms with Crippen LogP contribution in [0.1, 0.15) is 52.6 Å². The zero-order valence-corrected chi connectivity index (χ0v) is 18.7. The van der Waals surface area contributed by atoms with Crippen molar-refractivity contribution in [2.75, 3.05) is 25.5 Å². The Labute approximate surface area is 183 Å². The molecule has 7 heteroatoms. The van der Waals surface area contributed by atoms with Gasteiger partial charge in [0.15, 0.2) is 0 Å². The number of nitrogens with one attached hydrogen (secondary N) is 2. The molecule has 0 unspecified atom stereocenters. The van der Waals surface area contributed by atoms with Gasteiger partial charge in [0.25, 0.3) is 11.8 Å². The molecule has 30 heavy (non-hydrogen) atoms. The molecule has 1 heterocycles. The fraction of sp³-hybridized carbons (Fsp3) is 0.391. The van der Waals surface area contributed by atoms with Gasteiger partial charge in [-0.3, -0.25) is 9.59 Å². The number of rotatable bonds is 4. The average molecular weight is 434 g/mol. The van der Waals surface area contributed by atoms with E-state index in [4.69, 9.17) is 0 Å². The molecule has 0 aliphatic carbocycles. The second-order valence-electron chi connectivity index (χ2n) is 8.75. The average Bonchev–Trinajstić information content (AvgIpc) is 2.68. The molecular weight excluding hydrogens is 405 g/mol. The van der Waals surface area contributed by atoms with Gasteiger partial charge in [-0.15, -0.1) is 12.4 Å². The van der Waals surface area contributed by atoms with E-state index in [1.165, 1.54) is 0 Å². The lowest BCUT2D eigenvalue weighted by atomic mass is 9.96. The second-order valence-corrected chi connectivity index (χ2v) is 8.75. The van der Waals surface area contributed by atoms with Crippen LogP contribution in [0.15, 0.2) is 36.4 Å². The van der Waals surface area contributed by atoms with Gasteiger partial charge in [0.05, 0.1) is 5.69 Å². The van der Waals surface area contributed by atoms with E-state index < -0.39 is 5.91 Å². The summed E-state index contributed by atoms with van der Waals surface area (Å²) in [5.41, 5.74) is 2.45. The number of benzene rings is 2. The molecular formula is C23H29ClFN3O2. The van der Waals surface area contributed by atoms with Crippen molar-refractivity contribution in [3.8, 4) is 0 Å². The molecule has 0 atom stereocenters. The quantitative estimate of drug-likeness (QED) is 0.757. The SMILES string of the molecule is CN(CC(C)(C)C)C(=O)c1cccc(C(=O)Nc2ccc3c(c2F)CCNC3)c1.Cl. The van der Waals surface area contributed by atoms with Gasteiger partial charge >= 0.3 is 0 Å². The fourth-order valence-corrected chi connectivity index (χ4v) is 3.62. The minimum absolute atomic E-state index is 0. The zero-order valence-electron chi connectivity index (χ0n) is 17.8. The second kappa shape index (κ2) is 9.58. The van der Waals surface area contributed by atoms with Crippen molar-refractivity contribution in [2.24, 2.45) is 5.41 Å². The van der Waals surface area contributed by atoms with Crippen molar-refractivity contribution < 1.29 is 14.0 Å². The van der Waals surface area contributed by atoms with Gasteiger partial charge in [0.1, 0.15) is 5.82 Å². The number of amides is 2. The smallest absolute Gasteiger partial charge is 0.255 e. The van der Waals surface area contributed by atoms with Crippen LogP contribution in [0.25, 0.3) is 0 Å². The third kappa shape index (κ3) is 5.58. The molecule has 2 aromatic rings. The van der Waals surface area contributed by atoms with Crippen molar-refractivity contribution in [1.82, 2.24) is 10.2 Å². The summed E-state index contributed by atoms with van der Waals surface area (Å²) in [6.07, 6.45) is 0.592. The molecule has 5 nitrogen and oxygen atoms in total. The van der Waals surface area contributed by atoms with E-state index in [1.807, 2.05) is 6.07 Å². The van der Waals surface area contributed by atoms with Gasteiger partial charge in [0, 0.05) is 31.3 Å². The largest absolute Gasteiger partial charge is 0.341 e. The molecule has 0 spiro atoms. The van der Waals surface area contributed by atoms with Gasteiger partial charge < -0.3 is 15.5 Å². The van der Waals surface area contributed by atoms with Crippen LogP contribution < -0.4 is 10.6 Å². The first-order chi connectivity index (χ1) is 13.7. The molecule has 0 aromatic heterocycles. The lowest BCUT2D eigenvalue weighted by Gasteiger charge is -2.26. The number of carbonyl (C=O) groups is 2. The van der Waals surface area contributed by atoms with Crippen molar-refractivity contribution in [1.29, 1.82) is 0 Å². The van der Waals surface area contributed by atoms with E-state index in [1.54, 1.807) is 42.3 Å². The van der Waals surface area contributed by atoms with Crippen molar-refractivity contribution in [3.63, 3.8) is 0 Å². The van der Waals surface area contributed by atoms with Gasteiger partial charge in [-0.05, 0) is 53.8 Å². The topological polar surface area (TPSA) is 61.4 Å². The fourth-order valence-electron chi connectivity index (χ4n) is 3.62. The van der Waals surface area contributed by atoms with Gasteiger partial charge in [-0.1, -0.05) is 32.9 Å². The van der Waals surface area contributed by atoms with E-state index in [0.29, 0.717) is 42.7 Å². The van der Waals surface area contributed by atoms with E-state index in [-0.39, 0.29) is 35.2 Å². The summed E-state index contributed by atoms with van der Waals surface area (Å²) in [6.45, 7) is 8.12. The third-order valence-electron chi connectivity index (χ3n) is 4.89. The van der Waals surface area contributed by atoms with Crippen LogP contribution in [-0.2, 0) is 13.0 Å². The number of anilines is 1. The predicted molar refractivity (Wildman–Crippen MR) is 120 cm³/mol. The Morgan fingerprint density at radius 2 is 1.87 bits per heavy atom. The van der Waals surface area contributed by atoms with Crippen molar-refractivity contribution in [2.45, 2.75) is 33.7 Å². The van der Waals surface area contributed by atoms with Crippen LogP contribution in [-0.4, -0.2) is 36.9 Å². The van der Waals surface area contributed by atoms with Crippen molar-refractivity contribution >= 4 is 29.9 Å². The van der Waals surface area contributed by atoms with E-state index in [2.05, 4.69) is 31.4 Å². The molecule has 2 N–H and O–H groups in total. The molecule has 0 fully saturated rings. The first kappa shape index (κ1) is 23.8. The third-order valence-corrected chi connectivity index (χ3v) is 4.89. The first-order valence-electron chi connectivity index (χ1n) is 9.83. The first-order valence-corrected chi connectivity index (χ1v) is 9.83. The number of hydrogen-bond acceptors (Lipinski definition) is 3. The Morgan fingerprint density at radius 3 is 2.57 bits per heavy atom. The minimum Gasteiger partial charge on any atom is -0.341 e. The summed E-state index contributed by atoms with van der Waals surface area (Å²) in [5.74, 6) is -0.970. The number of hydrogen-bond donors (Lipinski definition) is 2. The number of nitrogens with zero attached hydrogens (tertiary/aromatic N) is 1. The highest BCUT2D eigenvalue weighted by molar-refractivity contribution is 6.06. The number of carbonyl (C=O) groups excluding carboxylic acids is 2. The van der Waals surface area contributed by atoms with Crippen LogP contribution in [0, 0.1) is 11.2 Å². The summed E-state index contributed by atoms with van der Waals surface area (Å²) in [6, 6.07) is 9.95. The monoisotopic (exact) mass is 433 g/mol. The van der Waals surface area contributed by atoms with E-state index >= 15 is 0 Å². The van der Waals surface area contributed by atoms with Crippen molar-refractivity contribution in [3.05, 3.63) is 64.5 Å². The molecule has 2 aromatic carbocycles. The highest BCUT2D eigenvalue weighted by atomic mass is 35.5. The van der Waals surface area contributed by atoms with Crippen LogP contribution in [0.4, 0.5) is 10.1 Å². The summed E-state index contributed by atoms with van der Waals surface area (Å²) in [5, 5.41) is 5.86. The Kier molecular flexibility index (Phi) is 7.61. The molecule has 3 rings (SSSR count). The van der Waals surface area contributed by atoms with Gasteiger partial charge in [0.2, 0.25) is 0 Å². The lowest BCUT2D eigenvalue weighted by Crippen LogP contribution is -2.34. The Bertz CT molecular complexity index is 941. The molecule has 0 saturated heterocycles. The summed E-state index contributed by atoms with van der Waals surface area (Å²) >= 11 is 0. The predicted octanol–water partition coefficient (Wildman–Crippen LogP) is 4.26. The molecule has 0 bridgehead atoms. The highest BCUT2D eigenvalue weighted by Crippen LogP contribution is 2.25. The maximum atomic E-state index is 14.8. The lowest BCUT2D eigenvalue weighted by molar-refractivity contribution is 0.0745. The molecule has 2 amide bonds. The van der Waals surface area contributed by atoms with E-state index in [0.717, 1.165) is 5.56 Å². The Hall–Kier alpha value is -2.44. The Balaban J connectivity index is 0.00000320. The molecule has 162 valence electrons. The zero-order chi connectivity index (χ0) is 21.2. The summed E-state index contributed by atoms with van der Waals surface area (Å²) in [7, 11) is 1.75. The highest BCUT2D eigenvalue weighted by Gasteiger charge is 2.21. The molecule has 1 aliphatic heterocycles. The van der Waals surface area contributed by atoms with Crippen LogP contribution in [0.5, 0.6) is 0 Å². The van der Waals surface area contributed by atoms with E-state index in [9.17, 15) is 14.0 Å². The van der Waals surface area contributed by atoms with Crippen LogP contribution in [0.3, 0.4) is 0 Å². The summed E-state index contributed by atoms with van der Waals surface area (Å²) < 4.78 is 14.8. The normalized spacial score (nSPS) is 13.1. The number of fused-ring (bicyclic) bond motifs is 1. The molecule has 1 aliphatic rings. The summed E-state index contributed by atoms with van der Waals surface area (Å²) in [4.78, 5) is 27.0. The van der Waals surface area contributed by atoms with Crippen LogP contribution in [0.2, 0.25) is 0 Å². The number of halogens is 2. The van der Waals surface area contributed by atoms with Crippen LogP contribution >= 0.6 is 12.4 Å². The minimum atomic E-state index is -0.439. The standard InChI is InChI=1S/C23H28FN3O2.ClH/c1-23(2,3)14-27(4)22(29)16-7-5-6-15(12-16)21(28)26-19-9-8-17-13-25-11-10-18(17)20(19)24;/h5-9,12,25H,10-11,13-14H2,1-4H3,(H,26,28);1H. The maximum Gasteiger partial charge on any atom is 0.255 e. The molecule has 0 saturated carbocycles. The van der Waals surface area contributed by atoms with Gasteiger partial charge in [-0.25, -0.2) is 4.39 Å². The Morgan fingerprint density at radius 1 is 1.17 bits per heavy atom. The maximum absolute atomic E-state index is 14.8. The molecule has 0 radical (unpaired) electrons.